The van der Waals surface area contributed by atoms with Crippen molar-refractivity contribution in [3.63, 3.8) is 0 Å². The molecule has 0 aromatic carbocycles. The molecule has 1 heteroatoms. The van der Waals surface area contributed by atoms with Gasteiger partial charge in [-0.3, -0.25) is 4.79 Å². The van der Waals surface area contributed by atoms with Crippen LogP contribution < -0.4 is 0 Å². The fourth-order valence-corrected chi connectivity index (χ4v) is 2.27. The lowest BCUT2D eigenvalue weighted by molar-refractivity contribution is -0.123. The second kappa shape index (κ2) is 4.08. The average Bonchev–Trinajstić information content (AvgIpc) is 2.03. The number of carbonyl (C=O) groups is 1. The van der Waals surface area contributed by atoms with E-state index in [1.54, 1.807) is 6.92 Å². The van der Waals surface area contributed by atoms with Crippen LogP contribution in [0.5, 0.6) is 0 Å². The summed E-state index contributed by atoms with van der Waals surface area (Å²) < 4.78 is 0. The van der Waals surface area contributed by atoms with E-state index < -0.39 is 0 Å². The lowest BCUT2D eigenvalue weighted by Crippen LogP contribution is -2.28. The van der Waals surface area contributed by atoms with Gasteiger partial charge in [0.05, 0.1) is 0 Å². The molecule has 0 N–H and O–H groups in total. The molecule has 2 unspecified atom stereocenters. The van der Waals surface area contributed by atoms with E-state index >= 15 is 0 Å². The van der Waals surface area contributed by atoms with Crippen molar-refractivity contribution in [1.82, 2.24) is 0 Å². The van der Waals surface area contributed by atoms with Gasteiger partial charge in [-0.15, -0.1) is 0 Å². The minimum Gasteiger partial charge on any atom is -0.300 e. The lowest BCUT2D eigenvalue weighted by atomic mass is 9.73. The minimum absolute atomic E-state index is 0.282. The Bertz CT molecular complexity index is 225. The van der Waals surface area contributed by atoms with E-state index in [1.807, 2.05) is 0 Å². The highest BCUT2D eigenvalue weighted by Gasteiger charge is 2.29. The fraction of sp³-hybridized carbons (Fsp3) is 0.750. The van der Waals surface area contributed by atoms with Crippen molar-refractivity contribution in [2.45, 2.75) is 40.5 Å². The van der Waals surface area contributed by atoms with Gasteiger partial charge in [0.2, 0.25) is 0 Å². The molecule has 0 aromatic heterocycles. The second-order valence-electron chi connectivity index (χ2n) is 4.62. The Hall–Kier alpha value is -0.590. The summed E-state index contributed by atoms with van der Waals surface area (Å²) in [5, 5.41) is 0. The molecule has 1 aliphatic carbocycles. The number of carbonyl (C=O) groups excluding carboxylic acids is 1. The van der Waals surface area contributed by atoms with E-state index in [1.165, 1.54) is 5.57 Å². The second-order valence-corrected chi connectivity index (χ2v) is 4.62. The van der Waals surface area contributed by atoms with E-state index in [9.17, 15) is 4.79 Å². The minimum atomic E-state index is 0.282. The molecular weight excluding hydrogens is 160 g/mol. The van der Waals surface area contributed by atoms with Gasteiger partial charge in [-0.2, -0.15) is 0 Å². The maximum Gasteiger partial charge on any atom is 0.133 e. The first-order chi connectivity index (χ1) is 6.02. The summed E-state index contributed by atoms with van der Waals surface area (Å²) in [5.74, 6) is 1.84. The predicted octanol–water partition coefficient (Wildman–Crippen LogP) is 3.20. The molecule has 74 valence electrons. The highest BCUT2D eigenvalue weighted by Crippen LogP contribution is 2.34. The van der Waals surface area contributed by atoms with Gasteiger partial charge >= 0.3 is 0 Å². The molecule has 0 fully saturated rings. The first kappa shape index (κ1) is 10.5. The average molecular weight is 180 g/mol. The van der Waals surface area contributed by atoms with Gasteiger partial charge < -0.3 is 0 Å². The molecule has 0 heterocycles. The third-order valence-electron chi connectivity index (χ3n) is 3.18. The molecular formula is C12H20O. The maximum absolute atomic E-state index is 11.4. The van der Waals surface area contributed by atoms with Crippen LogP contribution in [0, 0.1) is 17.8 Å². The zero-order valence-electron chi connectivity index (χ0n) is 9.13. The van der Waals surface area contributed by atoms with Crippen molar-refractivity contribution in [3.05, 3.63) is 11.6 Å². The molecule has 0 saturated carbocycles. The predicted molar refractivity (Wildman–Crippen MR) is 55.5 cm³/mol. The number of hydrogen-bond acceptors (Lipinski definition) is 1. The van der Waals surface area contributed by atoms with Gasteiger partial charge in [0, 0.05) is 5.92 Å². The van der Waals surface area contributed by atoms with Crippen LogP contribution in [0.1, 0.15) is 40.5 Å². The van der Waals surface area contributed by atoms with Crippen LogP contribution in [0.3, 0.4) is 0 Å². The molecule has 0 bridgehead atoms. The monoisotopic (exact) mass is 180 g/mol. The topological polar surface area (TPSA) is 17.1 Å². The van der Waals surface area contributed by atoms with E-state index in [2.05, 4.69) is 26.8 Å². The Balaban J connectivity index is 2.77. The maximum atomic E-state index is 11.4. The Morgan fingerprint density at radius 3 is 2.62 bits per heavy atom. The Morgan fingerprint density at radius 1 is 1.54 bits per heavy atom. The van der Waals surface area contributed by atoms with E-state index in [0.29, 0.717) is 17.6 Å². The number of ketones is 1. The van der Waals surface area contributed by atoms with Crippen molar-refractivity contribution < 1.29 is 4.79 Å². The van der Waals surface area contributed by atoms with Crippen LogP contribution in [0.2, 0.25) is 0 Å². The molecule has 0 amide bonds. The van der Waals surface area contributed by atoms with Crippen LogP contribution in [0.4, 0.5) is 0 Å². The third kappa shape index (κ3) is 2.43. The van der Waals surface area contributed by atoms with Crippen LogP contribution in [-0.4, -0.2) is 5.78 Å². The van der Waals surface area contributed by atoms with Gasteiger partial charge in [-0.25, -0.2) is 0 Å². The number of Topliss-reactive ketones (excluding diaryl/α,β-unsaturated/α-hetero) is 1. The Kier molecular flexibility index (Phi) is 3.29. The standard InChI is InChI=1S/C12H20O/c1-8(2)11-6-5-9(3)7-12(11)10(4)13/h5,8,11-12H,6-7H2,1-4H3. The van der Waals surface area contributed by atoms with Crippen molar-refractivity contribution >= 4 is 5.78 Å². The van der Waals surface area contributed by atoms with E-state index in [0.717, 1.165) is 12.8 Å². The largest absolute Gasteiger partial charge is 0.300 e. The van der Waals surface area contributed by atoms with Gasteiger partial charge in [-0.05, 0) is 38.5 Å². The van der Waals surface area contributed by atoms with Gasteiger partial charge in [0.15, 0.2) is 0 Å². The summed E-state index contributed by atoms with van der Waals surface area (Å²) in [6.45, 7) is 8.30. The summed E-state index contributed by atoms with van der Waals surface area (Å²) in [7, 11) is 0. The molecule has 1 rings (SSSR count). The van der Waals surface area contributed by atoms with Crippen LogP contribution in [0.25, 0.3) is 0 Å². The molecule has 1 nitrogen and oxygen atoms in total. The SMILES string of the molecule is CC(=O)C1CC(C)=CCC1C(C)C. The van der Waals surface area contributed by atoms with Crippen molar-refractivity contribution in [2.24, 2.45) is 17.8 Å². The Labute approximate surface area is 81.2 Å². The number of rotatable bonds is 2. The van der Waals surface area contributed by atoms with E-state index in [-0.39, 0.29) is 5.92 Å². The molecule has 0 spiro atoms. The zero-order valence-corrected chi connectivity index (χ0v) is 9.13. The molecule has 0 radical (unpaired) electrons. The smallest absolute Gasteiger partial charge is 0.133 e. The number of hydrogen-bond donors (Lipinski definition) is 0. The van der Waals surface area contributed by atoms with Gasteiger partial charge in [0.1, 0.15) is 5.78 Å². The molecule has 1 aliphatic rings. The van der Waals surface area contributed by atoms with Crippen LogP contribution >= 0.6 is 0 Å². The first-order valence-electron chi connectivity index (χ1n) is 5.18. The summed E-state index contributed by atoms with van der Waals surface area (Å²) in [6, 6.07) is 0. The summed E-state index contributed by atoms with van der Waals surface area (Å²) in [4.78, 5) is 11.4. The zero-order chi connectivity index (χ0) is 10.0. The van der Waals surface area contributed by atoms with E-state index in [4.69, 9.17) is 0 Å². The summed E-state index contributed by atoms with van der Waals surface area (Å²) in [5.41, 5.74) is 1.39. The molecule has 0 saturated heterocycles. The molecule has 13 heavy (non-hydrogen) atoms. The quantitative estimate of drug-likeness (QED) is 0.596. The highest BCUT2D eigenvalue weighted by molar-refractivity contribution is 5.79. The van der Waals surface area contributed by atoms with Crippen molar-refractivity contribution in [1.29, 1.82) is 0 Å². The van der Waals surface area contributed by atoms with Gasteiger partial charge in [-0.1, -0.05) is 25.5 Å². The molecule has 0 aliphatic heterocycles. The van der Waals surface area contributed by atoms with Crippen LogP contribution in [0.15, 0.2) is 11.6 Å². The summed E-state index contributed by atoms with van der Waals surface area (Å²) >= 11 is 0. The fourth-order valence-electron chi connectivity index (χ4n) is 2.27. The van der Waals surface area contributed by atoms with Crippen molar-refractivity contribution in [2.75, 3.05) is 0 Å². The highest BCUT2D eigenvalue weighted by atomic mass is 16.1. The summed E-state index contributed by atoms with van der Waals surface area (Å²) in [6.07, 6.45) is 4.37. The van der Waals surface area contributed by atoms with Gasteiger partial charge in [0.25, 0.3) is 0 Å². The first-order valence-corrected chi connectivity index (χ1v) is 5.18. The Morgan fingerprint density at radius 2 is 2.15 bits per heavy atom. The number of allylic oxidation sites excluding steroid dienone is 2. The normalized spacial score (nSPS) is 28.8. The lowest BCUT2D eigenvalue weighted by Gasteiger charge is -2.31. The van der Waals surface area contributed by atoms with Crippen LogP contribution in [-0.2, 0) is 4.79 Å². The van der Waals surface area contributed by atoms with Crippen molar-refractivity contribution in [3.8, 4) is 0 Å². The molecule has 0 aromatic rings. The molecule has 2 atom stereocenters. The third-order valence-corrected chi connectivity index (χ3v) is 3.18.